The first kappa shape index (κ1) is 19.2. The van der Waals surface area contributed by atoms with Crippen LogP contribution in [0.15, 0.2) is 30.6 Å². The lowest BCUT2D eigenvalue weighted by Crippen LogP contribution is -2.44. The van der Waals surface area contributed by atoms with Gasteiger partial charge in [0.05, 0.1) is 0 Å². The summed E-state index contributed by atoms with van der Waals surface area (Å²) >= 11 is 0. The molecular formula is C17H21F3N6O. The zero-order valence-electron chi connectivity index (χ0n) is 14.9. The Bertz CT molecular complexity index is 766. The first-order chi connectivity index (χ1) is 12.8. The van der Waals surface area contributed by atoms with E-state index in [2.05, 4.69) is 32.2 Å². The molecule has 27 heavy (non-hydrogen) atoms. The number of aromatic nitrogens is 3. The van der Waals surface area contributed by atoms with Gasteiger partial charge in [0, 0.05) is 45.1 Å². The van der Waals surface area contributed by atoms with Crippen LogP contribution in [0.2, 0.25) is 0 Å². The summed E-state index contributed by atoms with van der Waals surface area (Å²) in [6.07, 6.45) is -1.68. The molecule has 0 bridgehead atoms. The molecule has 1 saturated heterocycles. The van der Waals surface area contributed by atoms with Crippen molar-refractivity contribution in [3.05, 3.63) is 41.9 Å². The fraction of sp³-hybridized carbons (Fsp3) is 0.471. The number of alkyl halides is 3. The van der Waals surface area contributed by atoms with Crippen molar-refractivity contribution in [3.8, 4) is 0 Å². The van der Waals surface area contributed by atoms with Gasteiger partial charge in [-0.3, -0.25) is 9.48 Å². The van der Waals surface area contributed by atoms with Crippen LogP contribution in [0.4, 0.5) is 19.0 Å². The van der Waals surface area contributed by atoms with E-state index < -0.39 is 17.8 Å². The Balaban J connectivity index is 1.48. The van der Waals surface area contributed by atoms with E-state index in [1.807, 2.05) is 12.1 Å². The van der Waals surface area contributed by atoms with Crippen LogP contribution < -0.4 is 10.2 Å². The number of carbonyl (C=O) groups is 1. The molecule has 1 aliphatic heterocycles. The van der Waals surface area contributed by atoms with Gasteiger partial charge >= 0.3 is 6.18 Å². The van der Waals surface area contributed by atoms with E-state index in [0.29, 0.717) is 0 Å². The van der Waals surface area contributed by atoms with Crippen LogP contribution >= 0.6 is 0 Å². The van der Waals surface area contributed by atoms with Gasteiger partial charge in [0.2, 0.25) is 5.91 Å². The molecule has 0 aromatic carbocycles. The second-order valence-electron chi connectivity index (χ2n) is 6.49. The molecule has 10 heteroatoms. The van der Waals surface area contributed by atoms with Crippen LogP contribution in [-0.2, 0) is 24.1 Å². The van der Waals surface area contributed by atoms with Crippen LogP contribution in [0.1, 0.15) is 11.3 Å². The summed E-state index contributed by atoms with van der Waals surface area (Å²) in [5, 5.41) is 6.01. The van der Waals surface area contributed by atoms with Crippen molar-refractivity contribution in [1.82, 2.24) is 25.0 Å². The molecular weight excluding hydrogens is 361 g/mol. The van der Waals surface area contributed by atoms with Crippen molar-refractivity contribution in [3.63, 3.8) is 0 Å². The Kier molecular flexibility index (Phi) is 5.64. The van der Waals surface area contributed by atoms with Crippen molar-refractivity contribution in [1.29, 1.82) is 0 Å². The molecule has 0 radical (unpaired) electrons. The SMILES string of the molecule is CN1CCN(c2ccc(CNC(=O)Cn3ccc(C(F)(F)F)n3)cn2)CC1. The maximum atomic E-state index is 12.5. The number of halogens is 3. The molecule has 146 valence electrons. The predicted molar refractivity (Wildman–Crippen MR) is 93.0 cm³/mol. The summed E-state index contributed by atoms with van der Waals surface area (Å²) in [6.45, 7) is 3.80. The van der Waals surface area contributed by atoms with Crippen molar-refractivity contribution in [2.24, 2.45) is 0 Å². The molecule has 3 rings (SSSR count). The fourth-order valence-electron chi connectivity index (χ4n) is 2.75. The predicted octanol–water partition coefficient (Wildman–Crippen LogP) is 1.37. The highest BCUT2D eigenvalue weighted by atomic mass is 19.4. The molecule has 0 spiro atoms. The van der Waals surface area contributed by atoms with Crippen molar-refractivity contribution < 1.29 is 18.0 Å². The number of pyridine rings is 1. The van der Waals surface area contributed by atoms with E-state index in [-0.39, 0.29) is 13.1 Å². The first-order valence-electron chi connectivity index (χ1n) is 8.57. The molecule has 0 aliphatic carbocycles. The maximum absolute atomic E-state index is 12.5. The van der Waals surface area contributed by atoms with Gasteiger partial charge in [0.15, 0.2) is 5.69 Å². The minimum Gasteiger partial charge on any atom is -0.354 e. The smallest absolute Gasteiger partial charge is 0.354 e. The molecule has 3 heterocycles. The average Bonchev–Trinajstić information content (AvgIpc) is 3.10. The minimum absolute atomic E-state index is 0.252. The third-order valence-corrected chi connectivity index (χ3v) is 4.36. The van der Waals surface area contributed by atoms with Gasteiger partial charge in [0.1, 0.15) is 12.4 Å². The number of rotatable bonds is 5. The molecule has 0 atom stereocenters. The molecule has 2 aromatic rings. The monoisotopic (exact) mass is 382 g/mol. The molecule has 0 saturated carbocycles. The van der Waals surface area contributed by atoms with Gasteiger partial charge in [-0.25, -0.2) is 4.98 Å². The Morgan fingerprint density at radius 1 is 1.19 bits per heavy atom. The topological polar surface area (TPSA) is 66.3 Å². The number of piperazine rings is 1. The highest BCUT2D eigenvalue weighted by Gasteiger charge is 2.33. The van der Waals surface area contributed by atoms with E-state index in [0.717, 1.165) is 54.5 Å². The van der Waals surface area contributed by atoms with E-state index in [1.54, 1.807) is 6.20 Å². The zero-order chi connectivity index (χ0) is 19.4. The van der Waals surface area contributed by atoms with Crippen LogP contribution in [0, 0.1) is 0 Å². The zero-order valence-corrected chi connectivity index (χ0v) is 14.9. The molecule has 1 N–H and O–H groups in total. The maximum Gasteiger partial charge on any atom is 0.435 e. The quantitative estimate of drug-likeness (QED) is 0.846. The largest absolute Gasteiger partial charge is 0.435 e. The standard InChI is InChI=1S/C17H21F3N6O/c1-24-6-8-25(9-7-24)15-3-2-13(10-21-15)11-22-16(27)12-26-5-4-14(23-26)17(18,19)20/h2-5,10H,6-9,11-12H2,1H3,(H,22,27). The Hall–Kier alpha value is -2.62. The minimum atomic E-state index is -4.51. The summed E-state index contributed by atoms with van der Waals surface area (Å²) in [5.41, 5.74) is -0.198. The van der Waals surface area contributed by atoms with Gasteiger partial charge in [-0.05, 0) is 24.7 Å². The van der Waals surface area contributed by atoms with E-state index in [9.17, 15) is 18.0 Å². The Morgan fingerprint density at radius 3 is 2.52 bits per heavy atom. The lowest BCUT2D eigenvalue weighted by atomic mass is 10.2. The van der Waals surface area contributed by atoms with Crippen LogP contribution in [0.25, 0.3) is 0 Å². The highest BCUT2D eigenvalue weighted by Crippen LogP contribution is 2.27. The van der Waals surface area contributed by atoms with Gasteiger partial charge in [-0.1, -0.05) is 6.07 Å². The summed E-state index contributed by atoms with van der Waals surface area (Å²) in [4.78, 5) is 20.8. The van der Waals surface area contributed by atoms with Crippen molar-refractivity contribution in [2.45, 2.75) is 19.3 Å². The number of likely N-dealkylation sites (N-methyl/N-ethyl adjacent to an activating group) is 1. The molecule has 1 aliphatic rings. The second kappa shape index (κ2) is 7.95. The van der Waals surface area contributed by atoms with Gasteiger partial charge in [-0.15, -0.1) is 0 Å². The fourth-order valence-corrected chi connectivity index (χ4v) is 2.75. The third kappa shape index (κ3) is 5.19. The number of carbonyl (C=O) groups excluding carboxylic acids is 1. The number of nitrogens with zero attached hydrogens (tertiary/aromatic N) is 5. The Morgan fingerprint density at radius 2 is 1.93 bits per heavy atom. The summed E-state index contributed by atoms with van der Waals surface area (Å²) in [5.74, 6) is 0.476. The van der Waals surface area contributed by atoms with Gasteiger partial charge in [0.25, 0.3) is 0 Å². The van der Waals surface area contributed by atoms with Crippen LogP contribution in [0.3, 0.4) is 0 Å². The van der Waals surface area contributed by atoms with E-state index in [1.165, 1.54) is 0 Å². The van der Waals surface area contributed by atoms with Crippen molar-refractivity contribution in [2.75, 3.05) is 38.1 Å². The van der Waals surface area contributed by atoms with E-state index >= 15 is 0 Å². The molecule has 0 unspecified atom stereocenters. The van der Waals surface area contributed by atoms with Crippen LogP contribution in [0.5, 0.6) is 0 Å². The van der Waals surface area contributed by atoms with Crippen LogP contribution in [-0.4, -0.2) is 58.8 Å². The number of anilines is 1. The van der Waals surface area contributed by atoms with E-state index in [4.69, 9.17) is 0 Å². The van der Waals surface area contributed by atoms with Gasteiger partial charge < -0.3 is 15.1 Å². The normalized spacial score (nSPS) is 15.8. The lowest BCUT2D eigenvalue weighted by molar-refractivity contribution is -0.141. The highest BCUT2D eigenvalue weighted by molar-refractivity contribution is 5.75. The average molecular weight is 382 g/mol. The summed E-state index contributed by atoms with van der Waals surface area (Å²) in [6, 6.07) is 4.64. The third-order valence-electron chi connectivity index (χ3n) is 4.36. The first-order valence-corrected chi connectivity index (χ1v) is 8.57. The molecule has 1 amide bonds. The number of amides is 1. The number of hydrogen-bond donors (Lipinski definition) is 1. The molecule has 2 aromatic heterocycles. The Labute approximate surface area is 154 Å². The summed E-state index contributed by atoms with van der Waals surface area (Å²) < 4.78 is 38.5. The molecule has 7 nitrogen and oxygen atoms in total. The summed E-state index contributed by atoms with van der Waals surface area (Å²) in [7, 11) is 2.09. The number of hydrogen-bond acceptors (Lipinski definition) is 5. The lowest BCUT2D eigenvalue weighted by Gasteiger charge is -2.33. The van der Waals surface area contributed by atoms with Crippen molar-refractivity contribution >= 4 is 11.7 Å². The second-order valence-corrected chi connectivity index (χ2v) is 6.49. The van der Waals surface area contributed by atoms with Gasteiger partial charge in [-0.2, -0.15) is 18.3 Å². The molecule has 1 fully saturated rings. The number of nitrogens with one attached hydrogen (secondary N) is 1.